The Bertz CT molecular complexity index is 878. The predicted octanol–water partition coefficient (Wildman–Crippen LogP) is 1.71. The molecular weight excluding hydrogens is 402 g/mol. The van der Waals surface area contributed by atoms with Crippen LogP contribution in [0.4, 0.5) is 0 Å². The molecule has 2 N–H and O–H groups in total. The van der Waals surface area contributed by atoms with E-state index < -0.39 is 21.8 Å². The van der Waals surface area contributed by atoms with Gasteiger partial charge in [0.15, 0.2) is 0 Å². The number of furan rings is 1. The van der Waals surface area contributed by atoms with Gasteiger partial charge in [0.05, 0.1) is 12.8 Å². The normalized spacial score (nSPS) is 17.9. The zero-order valence-electron chi connectivity index (χ0n) is 15.3. The van der Waals surface area contributed by atoms with Crippen molar-refractivity contribution < 1.29 is 22.4 Å². The predicted molar refractivity (Wildman–Crippen MR) is 104 cm³/mol. The minimum atomic E-state index is -3.52. The van der Waals surface area contributed by atoms with Gasteiger partial charge in [0.25, 0.3) is 10.0 Å². The van der Waals surface area contributed by atoms with Crippen LogP contribution < -0.4 is 10.6 Å². The number of piperidine rings is 1. The standard InChI is InChI=1S/C18H23N3O5S2/c22-17(18(23)20-13-15-6-3-11-26-15)19-9-8-14-5-1-2-10-21(14)28(24,25)16-7-4-12-27-16/h3-4,6-7,11-12,14H,1-2,5,8-10,13H2,(H,19,22)(H,20,23). The van der Waals surface area contributed by atoms with Crippen molar-refractivity contribution in [3.05, 3.63) is 41.7 Å². The molecule has 0 aliphatic carbocycles. The molecule has 0 radical (unpaired) electrons. The lowest BCUT2D eigenvalue weighted by Gasteiger charge is -2.34. The van der Waals surface area contributed by atoms with E-state index in [0.29, 0.717) is 22.9 Å². The molecule has 2 aromatic rings. The van der Waals surface area contributed by atoms with Crippen LogP contribution in [0.3, 0.4) is 0 Å². The maximum atomic E-state index is 12.8. The highest BCUT2D eigenvalue weighted by Crippen LogP contribution is 2.28. The molecule has 3 heterocycles. The van der Waals surface area contributed by atoms with Gasteiger partial charge in [0.1, 0.15) is 9.97 Å². The third kappa shape index (κ3) is 5.00. The van der Waals surface area contributed by atoms with Crippen LogP contribution in [0.25, 0.3) is 0 Å². The molecule has 1 saturated heterocycles. The highest BCUT2D eigenvalue weighted by molar-refractivity contribution is 7.91. The second-order valence-electron chi connectivity index (χ2n) is 6.50. The number of thiophene rings is 1. The maximum Gasteiger partial charge on any atom is 0.309 e. The minimum absolute atomic E-state index is 0.134. The molecule has 0 saturated carbocycles. The van der Waals surface area contributed by atoms with Gasteiger partial charge in [0.2, 0.25) is 0 Å². The van der Waals surface area contributed by atoms with E-state index in [-0.39, 0.29) is 19.1 Å². The van der Waals surface area contributed by atoms with Gasteiger partial charge in [-0.15, -0.1) is 11.3 Å². The van der Waals surface area contributed by atoms with E-state index in [1.54, 1.807) is 29.6 Å². The molecule has 1 atom stereocenters. The SMILES string of the molecule is O=C(NCCC1CCCCN1S(=O)(=O)c1cccs1)C(=O)NCc1ccco1. The third-order valence-electron chi connectivity index (χ3n) is 4.60. The van der Waals surface area contributed by atoms with E-state index in [9.17, 15) is 18.0 Å². The first-order chi connectivity index (χ1) is 13.5. The Morgan fingerprint density at radius 2 is 2.00 bits per heavy atom. The summed E-state index contributed by atoms with van der Waals surface area (Å²) in [7, 11) is -3.52. The zero-order valence-corrected chi connectivity index (χ0v) is 16.9. The number of hydrogen-bond acceptors (Lipinski definition) is 6. The average Bonchev–Trinajstić information content (AvgIpc) is 3.40. The van der Waals surface area contributed by atoms with Crippen LogP contribution in [0.15, 0.2) is 44.5 Å². The Kier molecular flexibility index (Phi) is 6.87. The molecule has 1 unspecified atom stereocenters. The highest BCUT2D eigenvalue weighted by atomic mass is 32.2. The van der Waals surface area contributed by atoms with E-state index >= 15 is 0 Å². The topological polar surface area (TPSA) is 109 Å². The Labute approximate surface area is 168 Å². The monoisotopic (exact) mass is 425 g/mol. The molecule has 2 amide bonds. The molecule has 2 aromatic heterocycles. The highest BCUT2D eigenvalue weighted by Gasteiger charge is 2.33. The van der Waals surface area contributed by atoms with Gasteiger partial charge in [-0.2, -0.15) is 4.31 Å². The fourth-order valence-corrected chi connectivity index (χ4v) is 6.04. The summed E-state index contributed by atoms with van der Waals surface area (Å²) in [6, 6.07) is 6.54. The summed E-state index contributed by atoms with van der Waals surface area (Å²) >= 11 is 1.20. The van der Waals surface area contributed by atoms with Crippen LogP contribution in [0.5, 0.6) is 0 Å². The summed E-state index contributed by atoms with van der Waals surface area (Å²) < 4.78 is 32.6. The van der Waals surface area contributed by atoms with Crippen molar-refractivity contribution in [3.63, 3.8) is 0 Å². The van der Waals surface area contributed by atoms with Crippen molar-refractivity contribution in [2.24, 2.45) is 0 Å². The molecule has 28 heavy (non-hydrogen) atoms. The molecule has 0 spiro atoms. The number of carbonyl (C=O) groups is 2. The molecule has 1 aliphatic heterocycles. The first kappa shape index (κ1) is 20.6. The van der Waals surface area contributed by atoms with Gasteiger partial charge in [-0.1, -0.05) is 12.5 Å². The van der Waals surface area contributed by atoms with Gasteiger partial charge >= 0.3 is 11.8 Å². The lowest BCUT2D eigenvalue weighted by atomic mass is 10.0. The van der Waals surface area contributed by atoms with Crippen molar-refractivity contribution in [1.29, 1.82) is 0 Å². The number of amides is 2. The first-order valence-corrected chi connectivity index (χ1v) is 11.4. The van der Waals surface area contributed by atoms with Gasteiger partial charge in [-0.25, -0.2) is 8.42 Å². The van der Waals surface area contributed by atoms with Crippen molar-refractivity contribution in [1.82, 2.24) is 14.9 Å². The molecule has 3 rings (SSSR count). The first-order valence-electron chi connectivity index (χ1n) is 9.12. The van der Waals surface area contributed by atoms with E-state index in [0.717, 1.165) is 19.3 Å². The van der Waals surface area contributed by atoms with Gasteiger partial charge in [0, 0.05) is 19.1 Å². The number of hydrogen-bond donors (Lipinski definition) is 2. The maximum absolute atomic E-state index is 12.8. The second kappa shape index (κ2) is 9.35. The lowest BCUT2D eigenvalue weighted by Crippen LogP contribution is -2.46. The van der Waals surface area contributed by atoms with Gasteiger partial charge in [-0.05, 0) is 42.8 Å². The average molecular weight is 426 g/mol. The Hall–Kier alpha value is -2.17. The Morgan fingerprint density at radius 3 is 2.71 bits per heavy atom. The Morgan fingerprint density at radius 1 is 1.18 bits per heavy atom. The second-order valence-corrected chi connectivity index (χ2v) is 9.57. The van der Waals surface area contributed by atoms with Crippen LogP contribution in [0, 0.1) is 0 Å². The van der Waals surface area contributed by atoms with Crippen molar-refractivity contribution in [3.8, 4) is 0 Å². The molecule has 1 aliphatic rings. The lowest BCUT2D eigenvalue weighted by molar-refractivity contribution is -0.139. The van der Waals surface area contributed by atoms with E-state index in [1.807, 2.05) is 0 Å². The molecule has 152 valence electrons. The van der Waals surface area contributed by atoms with Gasteiger partial charge < -0.3 is 15.1 Å². The van der Waals surface area contributed by atoms with Crippen molar-refractivity contribution in [2.75, 3.05) is 13.1 Å². The Balaban J connectivity index is 1.49. The molecule has 1 fully saturated rings. The van der Waals surface area contributed by atoms with Gasteiger partial charge in [-0.3, -0.25) is 9.59 Å². The molecule has 0 aromatic carbocycles. The largest absolute Gasteiger partial charge is 0.467 e. The summed E-state index contributed by atoms with van der Waals surface area (Å²) in [4.78, 5) is 23.8. The van der Waals surface area contributed by atoms with E-state index in [2.05, 4.69) is 10.6 Å². The summed E-state index contributed by atoms with van der Waals surface area (Å²) in [5, 5.41) is 6.78. The fourth-order valence-electron chi connectivity index (χ4n) is 3.20. The van der Waals surface area contributed by atoms with Crippen molar-refractivity contribution >= 4 is 33.2 Å². The number of nitrogens with zero attached hydrogens (tertiary/aromatic N) is 1. The third-order valence-corrected chi connectivity index (χ3v) is 7.93. The van der Waals surface area contributed by atoms with Crippen LogP contribution in [0.1, 0.15) is 31.4 Å². The zero-order chi connectivity index (χ0) is 20.0. The molecule has 8 nitrogen and oxygen atoms in total. The number of nitrogens with one attached hydrogen (secondary N) is 2. The van der Waals surface area contributed by atoms with Crippen LogP contribution in [-0.2, 0) is 26.2 Å². The smallest absolute Gasteiger partial charge is 0.309 e. The van der Waals surface area contributed by atoms with Crippen LogP contribution in [-0.4, -0.2) is 43.7 Å². The van der Waals surface area contributed by atoms with Crippen LogP contribution in [0.2, 0.25) is 0 Å². The molecule has 10 heteroatoms. The van der Waals surface area contributed by atoms with E-state index in [1.165, 1.54) is 21.9 Å². The summed E-state index contributed by atoms with van der Waals surface area (Å²) in [5.74, 6) is -0.934. The number of carbonyl (C=O) groups excluding carboxylic acids is 2. The summed E-state index contributed by atoms with van der Waals surface area (Å²) in [6.45, 7) is 0.839. The molecular formula is C18H23N3O5S2. The number of rotatable bonds is 7. The quantitative estimate of drug-likeness (QED) is 0.657. The van der Waals surface area contributed by atoms with Crippen LogP contribution >= 0.6 is 11.3 Å². The van der Waals surface area contributed by atoms with Crippen molar-refractivity contribution in [2.45, 2.75) is 42.5 Å². The summed E-state index contributed by atoms with van der Waals surface area (Å²) in [5.41, 5.74) is 0. The molecule has 0 bridgehead atoms. The fraction of sp³-hybridized carbons (Fsp3) is 0.444. The minimum Gasteiger partial charge on any atom is -0.467 e. The van der Waals surface area contributed by atoms with E-state index in [4.69, 9.17) is 4.42 Å². The number of sulfonamides is 1. The summed E-state index contributed by atoms with van der Waals surface area (Å²) in [6.07, 6.45) is 4.45.